The summed E-state index contributed by atoms with van der Waals surface area (Å²) in [6.45, 7) is 7.88. The maximum atomic E-state index is 14.1. The zero-order valence-corrected chi connectivity index (χ0v) is 36.5. The predicted octanol–water partition coefficient (Wildman–Crippen LogP) is 2.70. The molecule has 5 atom stereocenters. The van der Waals surface area contributed by atoms with Crippen molar-refractivity contribution in [3.63, 3.8) is 0 Å². The Hall–Kier alpha value is -4.88. The molecule has 3 rings (SSSR count). The number of carbonyl (C=O) groups is 7. The van der Waals surface area contributed by atoms with Crippen molar-refractivity contribution < 1.29 is 47.1 Å². The molecule has 60 heavy (non-hydrogen) atoms. The standard InChI is InChI=1S/C39H54Cl2N8O10S/c1-6-22(5)32(48-36(54)27(15-21(3)4)46-37(55)29-19-42-13-14-43-29)38(56)47-28(16-23-11-9-8-10-12-23)35(53)45-26(7-2)34(52)39(57)44-20-31(50)49-60(58,59)30-18-24(40)17-25(41)33(30)51/h13-14,17-19,21-23,26-28,32,51H,6-12,15-16,20H2,1-5H3,(H,44,57)(H,45,53)(H,46,55)(H,47,56)(H,48,54)(H,49,50)/t22-,26?,27-,28-,32-/m0/s1. The molecule has 1 aromatic heterocycles. The minimum Gasteiger partial charge on any atom is -0.505 e. The molecule has 2 aromatic rings. The second kappa shape index (κ2) is 23.2. The van der Waals surface area contributed by atoms with E-state index in [0.29, 0.717) is 6.42 Å². The number of phenolic OH excluding ortho intramolecular Hbond substituents is 1. The molecule has 1 aromatic carbocycles. The van der Waals surface area contributed by atoms with Crippen LogP contribution in [-0.2, 0) is 38.8 Å². The number of nitrogens with zero attached hydrogens (tertiary/aromatic N) is 2. The first-order chi connectivity index (χ1) is 28.3. The molecule has 1 heterocycles. The van der Waals surface area contributed by atoms with Gasteiger partial charge in [0.05, 0.1) is 23.8 Å². The molecular formula is C39H54Cl2N8O10S. The first kappa shape index (κ1) is 49.5. The highest BCUT2D eigenvalue weighted by atomic mass is 35.5. The van der Waals surface area contributed by atoms with E-state index in [9.17, 15) is 47.1 Å². The summed E-state index contributed by atoms with van der Waals surface area (Å²) in [6, 6.07) is -2.80. The predicted molar refractivity (Wildman–Crippen MR) is 221 cm³/mol. The number of amides is 6. The van der Waals surface area contributed by atoms with Gasteiger partial charge in [-0.05, 0) is 49.1 Å². The van der Waals surface area contributed by atoms with Crippen LogP contribution in [0.15, 0.2) is 35.6 Å². The number of phenols is 1. The lowest BCUT2D eigenvalue weighted by molar-refractivity contribution is -0.141. The van der Waals surface area contributed by atoms with Gasteiger partial charge in [-0.15, -0.1) is 0 Å². The second-order valence-corrected chi connectivity index (χ2v) is 17.7. The minimum atomic E-state index is -4.71. The van der Waals surface area contributed by atoms with Crippen molar-refractivity contribution in [3.05, 3.63) is 46.5 Å². The zero-order chi connectivity index (χ0) is 44.7. The highest BCUT2D eigenvalue weighted by Crippen LogP contribution is 2.34. The van der Waals surface area contributed by atoms with E-state index in [1.165, 1.54) is 25.5 Å². The Balaban J connectivity index is 1.74. The highest BCUT2D eigenvalue weighted by molar-refractivity contribution is 7.90. The van der Waals surface area contributed by atoms with Crippen molar-refractivity contribution in [1.29, 1.82) is 0 Å². The lowest BCUT2D eigenvalue weighted by atomic mass is 9.84. The number of carbonyl (C=O) groups excluding carboxylic acids is 7. The Morgan fingerprint density at radius 3 is 2.08 bits per heavy atom. The van der Waals surface area contributed by atoms with Gasteiger partial charge in [0.1, 0.15) is 28.7 Å². The molecule has 330 valence electrons. The molecule has 0 saturated heterocycles. The molecule has 0 radical (unpaired) electrons. The van der Waals surface area contributed by atoms with Gasteiger partial charge in [-0.1, -0.05) is 96.3 Å². The summed E-state index contributed by atoms with van der Waals surface area (Å²) >= 11 is 11.6. The van der Waals surface area contributed by atoms with E-state index in [0.717, 1.165) is 44.2 Å². The Morgan fingerprint density at radius 2 is 1.48 bits per heavy atom. The van der Waals surface area contributed by atoms with E-state index < -0.39 is 104 Å². The molecule has 1 unspecified atom stereocenters. The molecular weight excluding hydrogens is 843 g/mol. The van der Waals surface area contributed by atoms with Crippen molar-refractivity contribution in [2.45, 2.75) is 121 Å². The largest absolute Gasteiger partial charge is 0.505 e. The molecule has 0 bridgehead atoms. The summed E-state index contributed by atoms with van der Waals surface area (Å²) in [5.74, 6) is -7.64. The number of hydrogen-bond acceptors (Lipinski definition) is 12. The molecule has 1 aliphatic rings. The first-order valence-electron chi connectivity index (χ1n) is 19.8. The quantitative estimate of drug-likeness (QED) is 0.0892. The van der Waals surface area contributed by atoms with Crippen LogP contribution in [0.5, 0.6) is 5.75 Å². The first-order valence-corrected chi connectivity index (χ1v) is 22.0. The van der Waals surface area contributed by atoms with Gasteiger partial charge in [-0.3, -0.25) is 38.5 Å². The van der Waals surface area contributed by atoms with Crippen molar-refractivity contribution in [2.75, 3.05) is 6.54 Å². The minimum absolute atomic E-state index is 0.00654. The number of aromatic hydroxyl groups is 1. The lowest BCUT2D eigenvalue weighted by Gasteiger charge is -2.31. The van der Waals surface area contributed by atoms with E-state index >= 15 is 0 Å². The van der Waals surface area contributed by atoms with Crippen LogP contribution in [0.25, 0.3) is 0 Å². The average molecular weight is 898 g/mol. The number of halogens is 2. The van der Waals surface area contributed by atoms with Gasteiger partial charge < -0.3 is 31.7 Å². The molecule has 1 fully saturated rings. The molecule has 21 heteroatoms. The molecule has 1 saturated carbocycles. The third-order valence-corrected chi connectivity index (χ3v) is 11.9. The van der Waals surface area contributed by atoms with Crippen LogP contribution in [0.3, 0.4) is 0 Å². The maximum Gasteiger partial charge on any atom is 0.290 e. The van der Waals surface area contributed by atoms with Gasteiger partial charge >= 0.3 is 0 Å². The average Bonchev–Trinajstić information content (AvgIpc) is 3.21. The monoisotopic (exact) mass is 896 g/mol. The number of ketones is 1. The Labute approximate surface area is 359 Å². The molecule has 6 amide bonds. The number of Topliss-reactive ketones (excluding diaryl/α,β-unsaturated/α-hetero) is 1. The van der Waals surface area contributed by atoms with E-state index in [1.807, 2.05) is 26.1 Å². The lowest BCUT2D eigenvalue weighted by Crippen LogP contribution is -2.60. The van der Waals surface area contributed by atoms with E-state index in [1.54, 1.807) is 11.6 Å². The SMILES string of the molecule is CCC(NC(=O)[C@H](CC1CCCCC1)NC(=O)[C@@H](NC(=O)[C@H](CC(C)C)NC(=O)c1cnccn1)[C@@H](C)CC)C(=O)C(=O)NCC(=O)NS(=O)(=O)c1cc(Cl)cc(Cl)c1O. The number of rotatable bonds is 21. The molecule has 18 nitrogen and oxygen atoms in total. The normalized spacial score (nSPS) is 15.7. The van der Waals surface area contributed by atoms with Crippen molar-refractivity contribution in [2.24, 2.45) is 17.8 Å². The van der Waals surface area contributed by atoms with Gasteiger partial charge in [0.25, 0.3) is 27.7 Å². The fraction of sp³-hybridized carbons (Fsp3) is 0.564. The van der Waals surface area contributed by atoms with Gasteiger partial charge in [0.2, 0.25) is 23.5 Å². The van der Waals surface area contributed by atoms with Gasteiger partial charge in [0, 0.05) is 17.4 Å². The third kappa shape index (κ3) is 14.7. The fourth-order valence-electron chi connectivity index (χ4n) is 6.58. The number of benzene rings is 1. The van der Waals surface area contributed by atoms with Crippen molar-refractivity contribution in [3.8, 4) is 5.75 Å². The van der Waals surface area contributed by atoms with Crippen LogP contribution in [0.2, 0.25) is 10.0 Å². The topological polar surface area (TPSA) is 272 Å². The van der Waals surface area contributed by atoms with Crippen molar-refractivity contribution >= 4 is 74.5 Å². The highest BCUT2D eigenvalue weighted by Gasteiger charge is 2.36. The van der Waals surface area contributed by atoms with E-state index in [-0.39, 0.29) is 41.8 Å². The number of nitrogens with one attached hydrogen (secondary N) is 6. The molecule has 1 aliphatic carbocycles. The fourth-order valence-corrected chi connectivity index (χ4v) is 8.32. The smallest absolute Gasteiger partial charge is 0.290 e. The number of sulfonamides is 1. The summed E-state index contributed by atoms with van der Waals surface area (Å²) in [7, 11) is -4.71. The maximum absolute atomic E-state index is 14.1. The van der Waals surface area contributed by atoms with Crippen LogP contribution < -0.4 is 31.3 Å². The Kier molecular flexibility index (Phi) is 19.1. The molecule has 7 N–H and O–H groups in total. The summed E-state index contributed by atoms with van der Waals surface area (Å²) in [6.07, 6.45) is 9.33. The summed E-state index contributed by atoms with van der Waals surface area (Å²) in [5, 5.41) is 22.4. The Morgan fingerprint density at radius 1 is 0.833 bits per heavy atom. The molecule has 0 aliphatic heterocycles. The van der Waals surface area contributed by atoms with Gasteiger partial charge in [-0.2, -0.15) is 0 Å². The van der Waals surface area contributed by atoms with E-state index in [4.69, 9.17) is 23.2 Å². The van der Waals surface area contributed by atoms with Crippen molar-refractivity contribution in [1.82, 2.24) is 41.3 Å². The van der Waals surface area contributed by atoms with Crippen LogP contribution >= 0.6 is 23.2 Å². The number of aromatic nitrogens is 2. The van der Waals surface area contributed by atoms with E-state index in [2.05, 4.69) is 31.2 Å². The second-order valence-electron chi connectivity index (χ2n) is 15.2. The van der Waals surface area contributed by atoms with Crippen LogP contribution in [0.1, 0.15) is 103 Å². The van der Waals surface area contributed by atoms with Gasteiger partial charge in [-0.25, -0.2) is 18.1 Å². The van der Waals surface area contributed by atoms with Crippen LogP contribution in [0.4, 0.5) is 0 Å². The summed E-state index contributed by atoms with van der Waals surface area (Å²) in [4.78, 5) is 100. The van der Waals surface area contributed by atoms with Crippen LogP contribution in [-0.4, -0.2) is 95.4 Å². The zero-order valence-electron chi connectivity index (χ0n) is 34.2. The number of hydrogen-bond donors (Lipinski definition) is 7. The van der Waals surface area contributed by atoms with Crippen LogP contribution in [0, 0.1) is 17.8 Å². The molecule has 0 spiro atoms. The summed E-state index contributed by atoms with van der Waals surface area (Å²) in [5.41, 5.74) is 0.00654. The Bertz CT molecular complexity index is 1980. The third-order valence-electron chi connectivity index (χ3n) is 10.1. The summed E-state index contributed by atoms with van der Waals surface area (Å²) < 4.78 is 27.0. The van der Waals surface area contributed by atoms with Gasteiger partial charge in [0.15, 0.2) is 5.75 Å².